The zero-order valence-electron chi connectivity index (χ0n) is 20.8. The average molecular weight is 459 g/mol. The molecule has 0 saturated heterocycles. The number of unbranched alkanes of at least 4 members (excludes halogenated alkanes) is 1. The molecule has 0 heterocycles. The fraction of sp³-hybridized carbons (Fsp3) is 0.367. The van der Waals surface area contributed by atoms with E-state index < -0.39 is 0 Å². The Hall–Kier alpha value is -2.65. The van der Waals surface area contributed by atoms with E-state index >= 15 is 0 Å². The summed E-state index contributed by atoms with van der Waals surface area (Å²) in [6, 6.07) is 28.4. The second-order valence-electron chi connectivity index (χ2n) is 9.37. The van der Waals surface area contributed by atoms with Crippen LogP contribution in [0.4, 0.5) is 11.4 Å². The van der Waals surface area contributed by atoms with Crippen molar-refractivity contribution >= 4 is 28.7 Å². The number of hydrogen-bond donors (Lipinski definition) is 0. The molecule has 3 aromatic carbocycles. The minimum atomic E-state index is 0.504. The van der Waals surface area contributed by atoms with Crippen LogP contribution in [0.2, 0.25) is 0 Å². The van der Waals surface area contributed by atoms with Crippen LogP contribution in [0.15, 0.2) is 78.9 Å². The van der Waals surface area contributed by atoms with Crippen LogP contribution >= 0.6 is 12.2 Å². The first-order chi connectivity index (χ1) is 15.9. The van der Waals surface area contributed by atoms with Crippen LogP contribution < -0.4 is 4.90 Å². The minimum Gasteiger partial charge on any atom is -0.344 e. The van der Waals surface area contributed by atoms with Crippen molar-refractivity contribution in [2.75, 3.05) is 11.4 Å². The first-order valence-electron chi connectivity index (χ1n) is 12.2. The highest BCUT2D eigenvalue weighted by Gasteiger charge is 2.21. The van der Waals surface area contributed by atoms with Crippen molar-refractivity contribution in [1.29, 1.82) is 0 Å². The molecule has 0 atom stereocenters. The Morgan fingerprint density at radius 2 is 1.21 bits per heavy atom. The number of nitrogens with zero attached hydrogens (tertiary/aromatic N) is 2. The summed E-state index contributed by atoms with van der Waals surface area (Å²) < 4.78 is 0. The van der Waals surface area contributed by atoms with Crippen LogP contribution in [0.5, 0.6) is 0 Å². The van der Waals surface area contributed by atoms with Gasteiger partial charge in [-0.3, -0.25) is 4.90 Å². The van der Waals surface area contributed by atoms with Gasteiger partial charge in [0.1, 0.15) is 0 Å². The Labute approximate surface area is 206 Å². The van der Waals surface area contributed by atoms with E-state index in [2.05, 4.69) is 123 Å². The van der Waals surface area contributed by atoms with Crippen LogP contribution in [0.25, 0.3) is 0 Å². The van der Waals surface area contributed by atoms with Crippen LogP contribution in [0, 0.1) is 0 Å². The molecule has 0 radical (unpaired) electrons. The van der Waals surface area contributed by atoms with E-state index in [1.54, 1.807) is 0 Å². The lowest BCUT2D eigenvalue weighted by molar-refractivity contribution is 0.404. The SMILES string of the molecule is CCCCN(Cc1ccccc1)C(=S)N(c1ccc(C(C)C)cc1)c1ccc(C(C)C)cc1. The van der Waals surface area contributed by atoms with Gasteiger partial charge in [-0.05, 0) is 71.4 Å². The van der Waals surface area contributed by atoms with E-state index in [0.717, 1.165) is 42.4 Å². The van der Waals surface area contributed by atoms with E-state index in [0.29, 0.717) is 11.8 Å². The molecule has 0 amide bonds. The van der Waals surface area contributed by atoms with Crippen molar-refractivity contribution in [1.82, 2.24) is 4.90 Å². The molecule has 0 aliphatic rings. The van der Waals surface area contributed by atoms with E-state index in [1.807, 2.05) is 0 Å². The zero-order valence-corrected chi connectivity index (χ0v) is 21.6. The quantitative estimate of drug-likeness (QED) is 0.296. The Morgan fingerprint density at radius 3 is 1.64 bits per heavy atom. The van der Waals surface area contributed by atoms with E-state index in [4.69, 9.17) is 12.2 Å². The van der Waals surface area contributed by atoms with Gasteiger partial charge in [-0.25, -0.2) is 0 Å². The van der Waals surface area contributed by atoms with Crippen LogP contribution in [0.3, 0.4) is 0 Å². The highest BCUT2D eigenvalue weighted by atomic mass is 32.1. The third-order valence-electron chi connectivity index (χ3n) is 6.10. The Kier molecular flexibility index (Phi) is 9.08. The summed E-state index contributed by atoms with van der Waals surface area (Å²) in [4.78, 5) is 4.59. The number of hydrogen-bond acceptors (Lipinski definition) is 1. The van der Waals surface area contributed by atoms with Crippen molar-refractivity contribution in [3.8, 4) is 0 Å². The molecule has 0 aliphatic heterocycles. The molecule has 3 rings (SSSR count). The molecule has 0 spiro atoms. The molecule has 2 nitrogen and oxygen atoms in total. The average Bonchev–Trinajstić information content (AvgIpc) is 2.83. The van der Waals surface area contributed by atoms with Gasteiger partial charge in [0.05, 0.1) is 0 Å². The maximum absolute atomic E-state index is 6.19. The van der Waals surface area contributed by atoms with Crippen molar-refractivity contribution in [3.05, 3.63) is 95.6 Å². The van der Waals surface area contributed by atoms with Gasteiger partial charge in [-0.15, -0.1) is 0 Å². The Morgan fingerprint density at radius 1 is 0.727 bits per heavy atom. The van der Waals surface area contributed by atoms with Gasteiger partial charge in [0.25, 0.3) is 0 Å². The van der Waals surface area contributed by atoms with Crippen molar-refractivity contribution < 1.29 is 0 Å². The van der Waals surface area contributed by atoms with Gasteiger partial charge in [0.2, 0.25) is 0 Å². The second-order valence-corrected chi connectivity index (χ2v) is 9.74. The minimum absolute atomic E-state index is 0.504. The smallest absolute Gasteiger partial charge is 0.181 e. The van der Waals surface area contributed by atoms with Gasteiger partial charge in [0.15, 0.2) is 5.11 Å². The maximum Gasteiger partial charge on any atom is 0.181 e. The molecule has 0 bridgehead atoms. The van der Waals surface area contributed by atoms with E-state index in [9.17, 15) is 0 Å². The molecule has 174 valence electrons. The molecule has 0 aromatic heterocycles. The lowest BCUT2D eigenvalue weighted by Crippen LogP contribution is -2.41. The highest BCUT2D eigenvalue weighted by molar-refractivity contribution is 7.80. The second kappa shape index (κ2) is 12.0. The summed E-state index contributed by atoms with van der Waals surface area (Å²) in [6.07, 6.45) is 2.25. The zero-order chi connectivity index (χ0) is 23.8. The number of thiocarbonyl (C=S) groups is 1. The standard InChI is InChI=1S/C30H38N2S/c1-6-7-21-31(22-25-11-9-8-10-12-25)30(33)32(28-17-13-26(14-18-28)23(2)3)29-19-15-27(16-20-29)24(4)5/h8-20,23-24H,6-7,21-22H2,1-5H3. The van der Waals surface area contributed by atoms with Gasteiger partial charge >= 0.3 is 0 Å². The number of rotatable bonds is 9. The van der Waals surface area contributed by atoms with E-state index in [-0.39, 0.29) is 0 Å². The summed E-state index contributed by atoms with van der Waals surface area (Å²) in [5.41, 5.74) is 6.17. The van der Waals surface area contributed by atoms with Crippen molar-refractivity contribution in [2.45, 2.75) is 65.8 Å². The topological polar surface area (TPSA) is 6.48 Å². The van der Waals surface area contributed by atoms with Crippen LogP contribution in [0.1, 0.15) is 76.0 Å². The van der Waals surface area contributed by atoms with Gasteiger partial charge in [0, 0.05) is 24.5 Å². The molecule has 0 saturated carbocycles. The fourth-order valence-electron chi connectivity index (χ4n) is 3.92. The largest absolute Gasteiger partial charge is 0.344 e. The van der Waals surface area contributed by atoms with Gasteiger partial charge in [-0.1, -0.05) is 95.6 Å². The van der Waals surface area contributed by atoms with Crippen molar-refractivity contribution in [3.63, 3.8) is 0 Å². The fourth-order valence-corrected chi connectivity index (χ4v) is 4.29. The molecule has 33 heavy (non-hydrogen) atoms. The lowest BCUT2D eigenvalue weighted by Gasteiger charge is -2.34. The number of benzene rings is 3. The van der Waals surface area contributed by atoms with Gasteiger partial charge < -0.3 is 4.90 Å². The predicted molar refractivity (Wildman–Crippen MR) is 148 cm³/mol. The normalized spacial score (nSPS) is 11.1. The van der Waals surface area contributed by atoms with E-state index in [1.165, 1.54) is 16.7 Å². The maximum atomic E-state index is 6.19. The third kappa shape index (κ3) is 6.68. The first-order valence-corrected chi connectivity index (χ1v) is 12.6. The van der Waals surface area contributed by atoms with Gasteiger partial charge in [-0.2, -0.15) is 0 Å². The summed E-state index contributed by atoms with van der Waals surface area (Å²) in [6.45, 7) is 12.9. The predicted octanol–water partition coefficient (Wildman–Crippen LogP) is 8.66. The third-order valence-corrected chi connectivity index (χ3v) is 6.54. The van der Waals surface area contributed by atoms with Crippen molar-refractivity contribution in [2.24, 2.45) is 0 Å². The summed E-state index contributed by atoms with van der Waals surface area (Å²) in [7, 11) is 0. The monoisotopic (exact) mass is 458 g/mol. The molecular formula is C30H38N2S. The highest BCUT2D eigenvalue weighted by Crippen LogP contribution is 2.30. The molecular weight excluding hydrogens is 420 g/mol. The summed E-state index contributed by atoms with van der Waals surface area (Å²) in [5, 5.41) is 0.849. The summed E-state index contributed by atoms with van der Waals surface area (Å²) >= 11 is 6.19. The molecule has 0 N–H and O–H groups in total. The first kappa shape index (κ1) is 25.0. The Bertz CT molecular complexity index is 940. The van der Waals surface area contributed by atoms with Crippen LogP contribution in [-0.4, -0.2) is 16.6 Å². The molecule has 3 heteroatoms. The molecule has 0 aliphatic carbocycles. The molecule has 0 unspecified atom stereocenters. The number of anilines is 2. The molecule has 0 fully saturated rings. The lowest BCUT2D eigenvalue weighted by atomic mass is 10.0. The Balaban J connectivity index is 2.00. The molecule has 3 aromatic rings. The van der Waals surface area contributed by atoms with Crippen LogP contribution in [-0.2, 0) is 6.54 Å². The summed E-state index contributed by atoms with van der Waals surface area (Å²) in [5.74, 6) is 1.01.